The molecular weight excluding hydrogens is 375 g/mol. The Morgan fingerprint density at radius 2 is 1.15 bits per heavy atom. The van der Waals surface area contributed by atoms with Crippen molar-refractivity contribution in [1.82, 2.24) is 10.9 Å². The van der Waals surface area contributed by atoms with Crippen LogP contribution in [0.3, 0.4) is 0 Å². The van der Waals surface area contributed by atoms with Crippen molar-refractivity contribution in [3.63, 3.8) is 0 Å². The minimum atomic E-state index is -0.390. The summed E-state index contributed by atoms with van der Waals surface area (Å²) in [7, 11) is 0. The van der Waals surface area contributed by atoms with Crippen LogP contribution in [-0.4, -0.2) is 24.2 Å². The van der Waals surface area contributed by atoms with Crippen LogP contribution in [0.25, 0.3) is 0 Å². The summed E-state index contributed by atoms with van der Waals surface area (Å²) in [6.07, 6.45) is 2.84. The van der Waals surface area contributed by atoms with E-state index in [4.69, 9.17) is 23.2 Å². The molecule has 0 fully saturated rings. The van der Waals surface area contributed by atoms with E-state index in [0.29, 0.717) is 21.2 Å². The average molecular weight is 391 g/mol. The first kappa shape index (κ1) is 19.6. The van der Waals surface area contributed by atoms with Crippen LogP contribution >= 0.6 is 23.2 Å². The Morgan fingerprint density at radius 1 is 0.769 bits per heavy atom. The summed E-state index contributed by atoms with van der Waals surface area (Å²) in [4.78, 5) is 23.3. The highest BCUT2D eigenvalue weighted by Crippen LogP contribution is 2.12. The van der Waals surface area contributed by atoms with Crippen LogP contribution in [0.1, 0.15) is 24.0 Å². The fourth-order valence-corrected chi connectivity index (χ4v) is 2.22. The molecule has 0 unspecified atom stereocenters. The van der Waals surface area contributed by atoms with Gasteiger partial charge in [0.1, 0.15) is 0 Å². The lowest BCUT2D eigenvalue weighted by molar-refractivity contribution is -0.126. The van der Waals surface area contributed by atoms with Crippen molar-refractivity contribution in [1.29, 1.82) is 0 Å². The summed E-state index contributed by atoms with van der Waals surface area (Å²) in [6.45, 7) is 0. The van der Waals surface area contributed by atoms with E-state index in [1.165, 1.54) is 12.4 Å². The maximum Gasteiger partial charge on any atom is 0.240 e. The number of nitrogens with zero attached hydrogens (tertiary/aromatic N) is 2. The van der Waals surface area contributed by atoms with Gasteiger partial charge < -0.3 is 0 Å². The van der Waals surface area contributed by atoms with Crippen molar-refractivity contribution in [2.45, 2.75) is 12.8 Å². The summed E-state index contributed by atoms with van der Waals surface area (Å²) < 4.78 is 0. The first-order valence-corrected chi connectivity index (χ1v) is 8.44. The second-order valence-electron chi connectivity index (χ2n) is 5.13. The topological polar surface area (TPSA) is 82.9 Å². The molecule has 0 bridgehead atoms. The maximum atomic E-state index is 11.7. The third-order valence-corrected chi connectivity index (χ3v) is 3.86. The van der Waals surface area contributed by atoms with Gasteiger partial charge >= 0.3 is 0 Å². The minimum Gasteiger partial charge on any atom is -0.273 e. The molecule has 2 N–H and O–H groups in total. The van der Waals surface area contributed by atoms with Gasteiger partial charge in [-0.3, -0.25) is 9.59 Å². The zero-order valence-electron chi connectivity index (χ0n) is 13.7. The molecule has 26 heavy (non-hydrogen) atoms. The summed E-state index contributed by atoms with van der Waals surface area (Å²) in [6, 6.07) is 14.2. The van der Waals surface area contributed by atoms with Crippen LogP contribution in [0.15, 0.2) is 58.7 Å². The number of hydrogen-bond donors (Lipinski definition) is 2. The molecule has 2 aromatic carbocycles. The van der Waals surface area contributed by atoms with Gasteiger partial charge in [-0.15, -0.1) is 0 Å². The molecule has 2 aromatic rings. The van der Waals surface area contributed by atoms with Crippen LogP contribution in [0, 0.1) is 0 Å². The van der Waals surface area contributed by atoms with Crippen molar-refractivity contribution in [3.05, 3.63) is 69.7 Å². The van der Waals surface area contributed by atoms with E-state index >= 15 is 0 Å². The second kappa shape index (κ2) is 10.3. The molecular formula is C18H16Cl2N4O2. The average Bonchev–Trinajstić information content (AvgIpc) is 2.63. The van der Waals surface area contributed by atoms with Crippen LogP contribution in [0.2, 0.25) is 10.0 Å². The Bertz CT molecular complexity index is 768. The van der Waals surface area contributed by atoms with E-state index in [1.54, 1.807) is 36.4 Å². The fourth-order valence-electron chi connectivity index (χ4n) is 1.85. The van der Waals surface area contributed by atoms with Gasteiger partial charge in [-0.1, -0.05) is 59.6 Å². The van der Waals surface area contributed by atoms with E-state index in [0.717, 1.165) is 0 Å². The molecule has 0 saturated carbocycles. The van der Waals surface area contributed by atoms with Gasteiger partial charge in [0.15, 0.2) is 0 Å². The van der Waals surface area contributed by atoms with E-state index in [2.05, 4.69) is 21.1 Å². The molecule has 0 radical (unpaired) electrons. The summed E-state index contributed by atoms with van der Waals surface area (Å²) in [5, 5.41) is 8.67. The molecule has 8 heteroatoms. The molecule has 134 valence electrons. The number of nitrogens with one attached hydrogen (secondary N) is 2. The normalized spacial score (nSPS) is 11.0. The molecule has 0 spiro atoms. The predicted octanol–water partition coefficient (Wildman–Crippen LogP) is 3.37. The predicted molar refractivity (Wildman–Crippen MR) is 104 cm³/mol. The van der Waals surface area contributed by atoms with Crippen LogP contribution in [-0.2, 0) is 9.59 Å². The minimum absolute atomic E-state index is 0.0205. The highest BCUT2D eigenvalue weighted by atomic mass is 35.5. The van der Waals surface area contributed by atoms with Crippen molar-refractivity contribution in [2.24, 2.45) is 10.2 Å². The number of hydrazone groups is 2. The molecule has 0 aliphatic carbocycles. The lowest BCUT2D eigenvalue weighted by Crippen LogP contribution is -2.22. The molecule has 0 aromatic heterocycles. The van der Waals surface area contributed by atoms with Crippen molar-refractivity contribution < 1.29 is 9.59 Å². The van der Waals surface area contributed by atoms with E-state index in [9.17, 15) is 9.59 Å². The summed E-state index contributed by atoms with van der Waals surface area (Å²) in [5.74, 6) is -0.780. The molecule has 0 atom stereocenters. The van der Waals surface area contributed by atoms with Gasteiger partial charge in [0.05, 0.1) is 12.4 Å². The van der Waals surface area contributed by atoms with Crippen LogP contribution < -0.4 is 10.9 Å². The maximum absolute atomic E-state index is 11.7. The smallest absolute Gasteiger partial charge is 0.240 e. The van der Waals surface area contributed by atoms with Gasteiger partial charge in [-0.25, -0.2) is 10.9 Å². The monoisotopic (exact) mass is 390 g/mol. The molecule has 2 rings (SSSR count). The third kappa shape index (κ3) is 6.66. The quantitative estimate of drug-likeness (QED) is 0.560. The summed E-state index contributed by atoms with van der Waals surface area (Å²) in [5.41, 5.74) is 6.04. The van der Waals surface area contributed by atoms with Gasteiger partial charge in [-0.05, 0) is 12.1 Å². The zero-order valence-corrected chi connectivity index (χ0v) is 15.2. The van der Waals surface area contributed by atoms with E-state index < -0.39 is 11.8 Å². The highest BCUT2D eigenvalue weighted by Gasteiger charge is 2.05. The van der Waals surface area contributed by atoms with Crippen molar-refractivity contribution in [2.75, 3.05) is 0 Å². The number of rotatable bonds is 7. The standard InChI is InChI=1S/C18H16Cl2N4O2/c19-15-7-3-1-5-13(15)11-21-23-17(25)9-10-18(26)24-22-12-14-6-2-4-8-16(14)20/h1-8,11-12H,9-10H2,(H,23,25)(H,24,26)/b21-11+,22-12+. The van der Waals surface area contributed by atoms with Crippen LogP contribution in [0.5, 0.6) is 0 Å². The molecule has 6 nitrogen and oxygen atoms in total. The lowest BCUT2D eigenvalue weighted by Gasteiger charge is -2.01. The highest BCUT2D eigenvalue weighted by molar-refractivity contribution is 6.33. The second-order valence-corrected chi connectivity index (χ2v) is 5.94. The van der Waals surface area contributed by atoms with Crippen LogP contribution in [0.4, 0.5) is 0 Å². The largest absolute Gasteiger partial charge is 0.273 e. The Hall–Kier alpha value is -2.70. The van der Waals surface area contributed by atoms with Crippen molar-refractivity contribution >= 4 is 47.4 Å². The fraction of sp³-hybridized carbons (Fsp3) is 0.111. The molecule has 0 aliphatic rings. The molecule has 2 amide bonds. The summed E-state index contributed by atoms with van der Waals surface area (Å²) >= 11 is 11.9. The Balaban J connectivity index is 1.71. The first-order chi connectivity index (χ1) is 12.6. The Kier molecular flexibility index (Phi) is 7.79. The number of carbonyl (C=O) groups excluding carboxylic acids is 2. The van der Waals surface area contributed by atoms with E-state index in [1.807, 2.05) is 12.1 Å². The SMILES string of the molecule is O=C(CCC(=O)N/N=C/c1ccccc1Cl)N/N=C/c1ccccc1Cl. The number of benzene rings is 2. The van der Waals surface area contributed by atoms with Gasteiger partial charge in [-0.2, -0.15) is 10.2 Å². The Labute approximate surface area is 160 Å². The van der Waals surface area contributed by atoms with Gasteiger partial charge in [0, 0.05) is 34.0 Å². The van der Waals surface area contributed by atoms with E-state index in [-0.39, 0.29) is 12.8 Å². The zero-order chi connectivity index (χ0) is 18.8. The Morgan fingerprint density at radius 3 is 1.54 bits per heavy atom. The van der Waals surface area contributed by atoms with Gasteiger partial charge in [0.25, 0.3) is 0 Å². The van der Waals surface area contributed by atoms with Crippen molar-refractivity contribution in [3.8, 4) is 0 Å². The number of carbonyl (C=O) groups is 2. The van der Waals surface area contributed by atoms with Gasteiger partial charge in [0.2, 0.25) is 11.8 Å². The number of amides is 2. The number of hydrogen-bond acceptors (Lipinski definition) is 4. The third-order valence-electron chi connectivity index (χ3n) is 3.18. The molecule has 0 heterocycles. The number of halogens is 2. The lowest BCUT2D eigenvalue weighted by atomic mass is 10.2. The first-order valence-electron chi connectivity index (χ1n) is 7.69. The molecule has 0 saturated heterocycles. The molecule has 0 aliphatic heterocycles.